The smallest absolute Gasteiger partial charge is 0.247 e. The number of carbonyl (C=O) groups is 2. The zero-order valence-electron chi connectivity index (χ0n) is 19.4. The Kier molecular flexibility index (Phi) is 6.68. The van der Waals surface area contributed by atoms with Crippen molar-refractivity contribution in [3.05, 3.63) is 77.4 Å². The van der Waals surface area contributed by atoms with Gasteiger partial charge >= 0.3 is 0 Å². The molecular formula is C27H33N3O3. The maximum absolute atomic E-state index is 13.4. The number of amides is 2. The lowest BCUT2D eigenvalue weighted by molar-refractivity contribution is -0.140. The Balaban J connectivity index is 1.41. The lowest BCUT2D eigenvalue weighted by Crippen LogP contribution is -2.59. The van der Waals surface area contributed by atoms with E-state index in [4.69, 9.17) is 10.5 Å². The van der Waals surface area contributed by atoms with E-state index in [1.807, 2.05) is 35.2 Å². The Morgan fingerprint density at radius 3 is 2.45 bits per heavy atom. The SMILES string of the molecule is CC(C)(N)C(=O)NC(COCc1ccccc1)C(=O)N1CCC2(C=Cc3ccccc32)CC1. The minimum atomic E-state index is -1.08. The van der Waals surface area contributed by atoms with Crippen LogP contribution in [-0.2, 0) is 26.3 Å². The molecule has 1 fully saturated rings. The summed E-state index contributed by atoms with van der Waals surface area (Å²) in [5.41, 5.74) is 8.50. The lowest BCUT2D eigenvalue weighted by Gasteiger charge is -2.40. The lowest BCUT2D eigenvalue weighted by atomic mass is 9.74. The monoisotopic (exact) mass is 447 g/mol. The topological polar surface area (TPSA) is 84.7 Å². The number of nitrogens with one attached hydrogen (secondary N) is 1. The number of allylic oxidation sites excluding steroid dienone is 1. The van der Waals surface area contributed by atoms with Gasteiger partial charge in [0.2, 0.25) is 11.8 Å². The van der Waals surface area contributed by atoms with E-state index in [1.165, 1.54) is 11.1 Å². The van der Waals surface area contributed by atoms with Gasteiger partial charge in [0.1, 0.15) is 6.04 Å². The van der Waals surface area contributed by atoms with E-state index in [0.717, 1.165) is 18.4 Å². The first-order valence-electron chi connectivity index (χ1n) is 11.6. The molecule has 1 atom stereocenters. The van der Waals surface area contributed by atoms with Gasteiger partial charge in [-0.25, -0.2) is 0 Å². The van der Waals surface area contributed by atoms with Crippen LogP contribution in [0, 0.1) is 0 Å². The first-order chi connectivity index (χ1) is 15.8. The summed E-state index contributed by atoms with van der Waals surface area (Å²) in [7, 11) is 0. The first-order valence-corrected chi connectivity index (χ1v) is 11.6. The minimum Gasteiger partial charge on any atom is -0.374 e. The van der Waals surface area contributed by atoms with Crippen LogP contribution in [0.2, 0.25) is 0 Å². The molecule has 3 N–H and O–H groups in total. The highest BCUT2D eigenvalue weighted by molar-refractivity contribution is 5.91. The highest BCUT2D eigenvalue weighted by Gasteiger charge is 2.40. The van der Waals surface area contributed by atoms with Crippen LogP contribution in [0.3, 0.4) is 0 Å². The Hall–Kier alpha value is -2.96. The molecule has 33 heavy (non-hydrogen) atoms. The molecule has 2 aromatic rings. The quantitative estimate of drug-likeness (QED) is 0.683. The van der Waals surface area contributed by atoms with Crippen LogP contribution < -0.4 is 11.1 Å². The summed E-state index contributed by atoms with van der Waals surface area (Å²) in [6.07, 6.45) is 6.20. The van der Waals surface area contributed by atoms with E-state index in [-0.39, 0.29) is 23.8 Å². The van der Waals surface area contributed by atoms with Crippen LogP contribution in [0.1, 0.15) is 43.4 Å². The number of rotatable bonds is 7. The summed E-state index contributed by atoms with van der Waals surface area (Å²) in [4.78, 5) is 27.8. The van der Waals surface area contributed by atoms with Crippen LogP contribution in [0.5, 0.6) is 0 Å². The van der Waals surface area contributed by atoms with Gasteiger partial charge in [0.15, 0.2) is 0 Å². The average Bonchev–Trinajstić information content (AvgIpc) is 3.16. The summed E-state index contributed by atoms with van der Waals surface area (Å²) < 4.78 is 5.83. The zero-order valence-corrected chi connectivity index (χ0v) is 19.4. The zero-order chi connectivity index (χ0) is 23.5. The standard InChI is InChI=1S/C27H33N3O3/c1-26(2,28)25(32)29-23(19-33-18-20-8-4-3-5-9-20)24(31)30-16-14-27(15-17-30)13-12-21-10-6-7-11-22(21)27/h3-13,23H,14-19,28H2,1-2H3,(H,29,32). The van der Waals surface area contributed by atoms with Gasteiger partial charge in [-0.05, 0) is 43.4 Å². The molecule has 0 bridgehead atoms. The molecule has 1 saturated heterocycles. The van der Waals surface area contributed by atoms with Gasteiger partial charge in [-0.2, -0.15) is 0 Å². The number of piperidine rings is 1. The number of benzene rings is 2. The fourth-order valence-corrected chi connectivity index (χ4v) is 4.61. The van der Waals surface area contributed by atoms with Crippen molar-refractivity contribution < 1.29 is 14.3 Å². The number of fused-ring (bicyclic) bond motifs is 2. The molecule has 6 heteroatoms. The van der Waals surface area contributed by atoms with Crippen molar-refractivity contribution in [2.24, 2.45) is 5.73 Å². The van der Waals surface area contributed by atoms with Crippen LogP contribution in [0.4, 0.5) is 0 Å². The first kappa shape index (κ1) is 23.2. The fourth-order valence-electron chi connectivity index (χ4n) is 4.61. The molecule has 0 radical (unpaired) electrons. The Labute approximate surface area is 195 Å². The van der Waals surface area contributed by atoms with E-state index in [1.54, 1.807) is 13.8 Å². The maximum Gasteiger partial charge on any atom is 0.247 e. The third-order valence-electron chi connectivity index (χ3n) is 6.63. The Morgan fingerprint density at radius 2 is 1.76 bits per heavy atom. The largest absolute Gasteiger partial charge is 0.374 e. The number of carbonyl (C=O) groups excluding carboxylic acids is 2. The number of nitrogens with two attached hydrogens (primary N) is 1. The van der Waals surface area contributed by atoms with Gasteiger partial charge in [0.05, 0.1) is 18.8 Å². The van der Waals surface area contributed by atoms with Gasteiger partial charge in [-0.1, -0.05) is 66.7 Å². The van der Waals surface area contributed by atoms with Crippen LogP contribution in [-0.4, -0.2) is 48.0 Å². The molecule has 1 unspecified atom stereocenters. The summed E-state index contributed by atoms with van der Waals surface area (Å²) in [6.45, 7) is 4.99. The summed E-state index contributed by atoms with van der Waals surface area (Å²) in [5, 5.41) is 2.82. The number of ether oxygens (including phenoxy) is 1. The minimum absolute atomic E-state index is 0.00478. The molecule has 2 amide bonds. The highest BCUT2D eigenvalue weighted by atomic mass is 16.5. The fraction of sp³-hybridized carbons (Fsp3) is 0.407. The predicted octanol–water partition coefficient (Wildman–Crippen LogP) is 3.01. The summed E-state index contributed by atoms with van der Waals surface area (Å²) in [6, 6.07) is 17.5. The third kappa shape index (κ3) is 5.18. The van der Waals surface area contributed by atoms with Gasteiger partial charge in [0.25, 0.3) is 0 Å². The molecule has 0 saturated carbocycles. The molecule has 0 aromatic heterocycles. The molecule has 6 nitrogen and oxygen atoms in total. The predicted molar refractivity (Wildman–Crippen MR) is 129 cm³/mol. The van der Waals surface area contributed by atoms with E-state index in [9.17, 15) is 9.59 Å². The van der Waals surface area contributed by atoms with Gasteiger partial charge in [-0.3, -0.25) is 9.59 Å². The van der Waals surface area contributed by atoms with Crippen LogP contribution in [0.25, 0.3) is 6.08 Å². The molecule has 4 rings (SSSR count). The molecular weight excluding hydrogens is 414 g/mol. The van der Waals surface area contributed by atoms with Gasteiger partial charge < -0.3 is 20.7 Å². The van der Waals surface area contributed by atoms with Crippen LogP contribution >= 0.6 is 0 Å². The second kappa shape index (κ2) is 9.49. The van der Waals surface area contributed by atoms with Crippen molar-refractivity contribution in [3.63, 3.8) is 0 Å². The second-order valence-electron chi connectivity index (χ2n) is 9.65. The van der Waals surface area contributed by atoms with E-state index in [0.29, 0.717) is 19.7 Å². The van der Waals surface area contributed by atoms with E-state index < -0.39 is 11.6 Å². The molecule has 1 spiro atoms. The van der Waals surface area contributed by atoms with E-state index >= 15 is 0 Å². The molecule has 1 heterocycles. The van der Waals surface area contributed by atoms with Gasteiger partial charge in [0, 0.05) is 18.5 Å². The summed E-state index contributed by atoms with van der Waals surface area (Å²) in [5.74, 6) is -0.490. The summed E-state index contributed by atoms with van der Waals surface area (Å²) >= 11 is 0. The third-order valence-corrected chi connectivity index (χ3v) is 6.63. The maximum atomic E-state index is 13.4. The number of hydrogen-bond acceptors (Lipinski definition) is 4. The Morgan fingerprint density at radius 1 is 1.09 bits per heavy atom. The van der Waals surface area contributed by atoms with Gasteiger partial charge in [-0.15, -0.1) is 0 Å². The average molecular weight is 448 g/mol. The van der Waals surface area contributed by atoms with Crippen LogP contribution in [0.15, 0.2) is 60.7 Å². The van der Waals surface area contributed by atoms with Crippen molar-refractivity contribution in [1.82, 2.24) is 10.2 Å². The molecule has 174 valence electrons. The second-order valence-corrected chi connectivity index (χ2v) is 9.65. The molecule has 2 aliphatic rings. The molecule has 2 aromatic carbocycles. The number of hydrogen-bond donors (Lipinski definition) is 2. The molecule has 1 aliphatic heterocycles. The number of nitrogens with zero attached hydrogens (tertiary/aromatic N) is 1. The number of likely N-dealkylation sites (tertiary alicyclic amines) is 1. The van der Waals surface area contributed by atoms with Crippen molar-refractivity contribution in [2.45, 2.75) is 50.3 Å². The highest BCUT2D eigenvalue weighted by Crippen LogP contribution is 2.43. The Bertz CT molecular complexity index is 1020. The van der Waals surface area contributed by atoms with E-state index in [2.05, 4.69) is 41.7 Å². The van der Waals surface area contributed by atoms with Crippen molar-refractivity contribution in [2.75, 3.05) is 19.7 Å². The van der Waals surface area contributed by atoms with Crippen molar-refractivity contribution >= 4 is 17.9 Å². The normalized spacial score (nSPS) is 17.6. The van der Waals surface area contributed by atoms with Crippen molar-refractivity contribution in [3.8, 4) is 0 Å². The molecule has 1 aliphatic carbocycles. The van der Waals surface area contributed by atoms with Crippen molar-refractivity contribution in [1.29, 1.82) is 0 Å².